The standard InChI is InChI=1S/C18H16F7NO4S/c19-16(20)17(21,22)10-29-14-6-13(7-15(8-14)30-11-18(23,24)25)26-31(27,28)9-12-4-2-1-3-5-12/h1-8,16,26H,9-11H2. The summed E-state index contributed by atoms with van der Waals surface area (Å²) in [6.07, 6.45) is -8.78. The SMILES string of the molecule is O=S(=O)(Cc1ccccc1)Nc1cc(OCC(F)(F)F)cc(OCC(F)(F)C(F)F)c1. The highest BCUT2D eigenvalue weighted by Crippen LogP contribution is 2.31. The van der Waals surface area contributed by atoms with Crippen LogP contribution in [0.2, 0.25) is 0 Å². The first-order valence-electron chi connectivity index (χ1n) is 8.44. The van der Waals surface area contributed by atoms with Gasteiger partial charge in [-0.1, -0.05) is 30.3 Å². The molecule has 0 saturated carbocycles. The van der Waals surface area contributed by atoms with Crippen LogP contribution in [-0.2, 0) is 15.8 Å². The van der Waals surface area contributed by atoms with Crippen molar-refractivity contribution in [2.45, 2.75) is 24.3 Å². The molecule has 0 amide bonds. The van der Waals surface area contributed by atoms with Crippen molar-refractivity contribution in [2.75, 3.05) is 17.9 Å². The Kier molecular flexibility index (Phi) is 7.63. The molecule has 0 aliphatic carbocycles. The summed E-state index contributed by atoms with van der Waals surface area (Å²) >= 11 is 0. The van der Waals surface area contributed by atoms with Gasteiger partial charge in [0.1, 0.15) is 11.5 Å². The zero-order chi connectivity index (χ0) is 23.3. The molecule has 2 aromatic rings. The van der Waals surface area contributed by atoms with Gasteiger partial charge < -0.3 is 9.47 Å². The van der Waals surface area contributed by atoms with Crippen molar-refractivity contribution in [1.82, 2.24) is 0 Å². The molecule has 0 bridgehead atoms. The monoisotopic (exact) mass is 475 g/mol. The van der Waals surface area contributed by atoms with Crippen molar-refractivity contribution in [3.63, 3.8) is 0 Å². The van der Waals surface area contributed by atoms with E-state index in [1.54, 1.807) is 18.2 Å². The van der Waals surface area contributed by atoms with Gasteiger partial charge in [-0.05, 0) is 5.56 Å². The predicted octanol–water partition coefficient (Wildman–Crippen LogP) is 4.85. The molecular weight excluding hydrogens is 459 g/mol. The second kappa shape index (κ2) is 9.62. The Morgan fingerprint density at radius 3 is 1.94 bits per heavy atom. The lowest BCUT2D eigenvalue weighted by Gasteiger charge is -2.18. The first kappa shape index (κ1) is 24.6. The first-order valence-corrected chi connectivity index (χ1v) is 10.1. The summed E-state index contributed by atoms with van der Waals surface area (Å²) in [4.78, 5) is 0. The third kappa shape index (κ3) is 8.52. The van der Waals surface area contributed by atoms with Gasteiger partial charge >= 0.3 is 18.5 Å². The number of hydrogen-bond donors (Lipinski definition) is 1. The van der Waals surface area contributed by atoms with E-state index in [9.17, 15) is 39.2 Å². The lowest BCUT2D eigenvalue weighted by molar-refractivity contribution is -0.153. The second-order valence-electron chi connectivity index (χ2n) is 6.29. The summed E-state index contributed by atoms with van der Waals surface area (Å²) in [6.45, 7) is -3.55. The number of anilines is 1. The molecule has 2 aromatic carbocycles. The van der Waals surface area contributed by atoms with E-state index in [1.807, 2.05) is 0 Å². The average molecular weight is 475 g/mol. The molecule has 31 heavy (non-hydrogen) atoms. The Morgan fingerprint density at radius 1 is 0.871 bits per heavy atom. The maximum absolute atomic E-state index is 13.1. The Balaban J connectivity index is 2.25. The Hall–Kier alpha value is -2.70. The van der Waals surface area contributed by atoms with E-state index in [0.717, 1.165) is 18.2 Å². The van der Waals surface area contributed by atoms with Crippen LogP contribution in [0.4, 0.5) is 36.4 Å². The van der Waals surface area contributed by atoms with E-state index in [2.05, 4.69) is 14.2 Å². The zero-order valence-corrected chi connectivity index (χ0v) is 16.3. The largest absolute Gasteiger partial charge is 0.487 e. The van der Waals surface area contributed by atoms with Gasteiger partial charge in [0.25, 0.3) is 0 Å². The van der Waals surface area contributed by atoms with Crippen molar-refractivity contribution in [1.29, 1.82) is 0 Å². The molecule has 0 heterocycles. The van der Waals surface area contributed by atoms with Crippen molar-refractivity contribution in [2.24, 2.45) is 0 Å². The third-order valence-electron chi connectivity index (χ3n) is 3.51. The quantitative estimate of drug-likeness (QED) is 0.499. The zero-order valence-electron chi connectivity index (χ0n) is 15.5. The lowest BCUT2D eigenvalue weighted by Crippen LogP contribution is -2.33. The van der Waals surface area contributed by atoms with E-state index < -0.39 is 59.0 Å². The summed E-state index contributed by atoms with van der Waals surface area (Å²) in [5, 5.41) is 0. The van der Waals surface area contributed by atoms with Crippen LogP contribution in [0.15, 0.2) is 48.5 Å². The van der Waals surface area contributed by atoms with Gasteiger partial charge in [-0.2, -0.15) is 22.0 Å². The van der Waals surface area contributed by atoms with Crippen LogP contribution in [0.3, 0.4) is 0 Å². The van der Waals surface area contributed by atoms with Crippen LogP contribution in [0, 0.1) is 0 Å². The Bertz CT molecular complexity index is 967. The molecule has 0 unspecified atom stereocenters. The molecule has 172 valence electrons. The molecule has 13 heteroatoms. The molecule has 0 atom stereocenters. The summed E-state index contributed by atoms with van der Waals surface area (Å²) < 4.78 is 124. The van der Waals surface area contributed by atoms with Gasteiger partial charge in [0, 0.05) is 18.2 Å². The highest BCUT2D eigenvalue weighted by atomic mass is 32.2. The molecule has 0 spiro atoms. The average Bonchev–Trinajstić information content (AvgIpc) is 2.64. The van der Waals surface area contributed by atoms with Gasteiger partial charge in [0.2, 0.25) is 10.0 Å². The summed E-state index contributed by atoms with van der Waals surface area (Å²) in [7, 11) is -4.07. The van der Waals surface area contributed by atoms with Crippen molar-refractivity contribution < 1.29 is 48.6 Å². The molecule has 0 aromatic heterocycles. The maximum Gasteiger partial charge on any atom is 0.422 e. The van der Waals surface area contributed by atoms with Crippen LogP contribution >= 0.6 is 0 Å². The molecule has 0 fully saturated rings. The minimum Gasteiger partial charge on any atom is -0.487 e. The van der Waals surface area contributed by atoms with Crippen LogP contribution in [0.5, 0.6) is 11.5 Å². The first-order chi connectivity index (χ1) is 14.3. The van der Waals surface area contributed by atoms with E-state index in [-0.39, 0.29) is 5.69 Å². The van der Waals surface area contributed by atoms with Gasteiger partial charge in [-0.15, -0.1) is 0 Å². The normalized spacial score (nSPS) is 12.6. The fourth-order valence-electron chi connectivity index (χ4n) is 2.21. The number of benzene rings is 2. The lowest BCUT2D eigenvalue weighted by atomic mass is 10.2. The van der Waals surface area contributed by atoms with Crippen LogP contribution in [0.1, 0.15) is 5.56 Å². The van der Waals surface area contributed by atoms with Gasteiger partial charge in [-0.25, -0.2) is 17.2 Å². The van der Waals surface area contributed by atoms with E-state index in [4.69, 9.17) is 0 Å². The Labute approximate surface area is 172 Å². The number of ether oxygens (including phenoxy) is 2. The summed E-state index contributed by atoms with van der Waals surface area (Å²) in [6, 6.07) is 10.3. The molecule has 1 N–H and O–H groups in total. The number of nitrogens with one attached hydrogen (secondary N) is 1. The third-order valence-corrected chi connectivity index (χ3v) is 4.77. The molecule has 0 aliphatic heterocycles. The number of hydrogen-bond acceptors (Lipinski definition) is 4. The topological polar surface area (TPSA) is 64.6 Å². The van der Waals surface area contributed by atoms with Crippen LogP contribution in [-0.4, -0.2) is 40.2 Å². The van der Waals surface area contributed by atoms with Gasteiger partial charge in [-0.3, -0.25) is 4.72 Å². The van der Waals surface area contributed by atoms with Crippen LogP contribution < -0.4 is 14.2 Å². The highest BCUT2D eigenvalue weighted by molar-refractivity contribution is 7.91. The molecule has 2 rings (SSSR count). The van der Waals surface area contributed by atoms with E-state index in [0.29, 0.717) is 5.56 Å². The second-order valence-corrected chi connectivity index (χ2v) is 8.02. The number of alkyl halides is 7. The molecule has 0 aliphatic rings. The highest BCUT2D eigenvalue weighted by Gasteiger charge is 2.41. The smallest absolute Gasteiger partial charge is 0.422 e. The number of halogens is 7. The van der Waals surface area contributed by atoms with Crippen LogP contribution in [0.25, 0.3) is 0 Å². The minimum atomic E-state index is -4.74. The fraction of sp³-hybridized carbons (Fsp3) is 0.333. The summed E-state index contributed by atoms with van der Waals surface area (Å²) in [5.74, 6) is -6.21. The molecule has 5 nitrogen and oxygen atoms in total. The molecular formula is C18H16F7NO4S. The maximum atomic E-state index is 13.1. The van der Waals surface area contributed by atoms with Gasteiger partial charge in [0.15, 0.2) is 13.2 Å². The Morgan fingerprint density at radius 2 is 1.42 bits per heavy atom. The fourth-order valence-corrected chi connectivity index (χ4v) is 3.39. The minimum absolute atomic E-state index is 0.369. The van der Waals surface area contributed by atoms with Crippen molar-refractivity contribution >= 4 is 15.7 Å². The molecule has 0 radical (unpaired) electrons. The van der Waals surface area contributed by atoms with E-state index in [1.165, 1.54) is 12.1 Å². The van der Waals surface area contributed by atoms with Gasteiger partial charge in [0.05, 0.1) is 11.4 Å². The predicted molar refractivity (Wildman–Crippen MR) is 97.1 cm³/mol. The van der Waals surface area contributed by atoms with Crippen molar-refractivity contribution in [3.8, 4) is 11.5 Å². The molecule has 0 saturated heterocycles. The van der Waals surface area contributed by atoms with E-state index >= 15 is 0 Å². The number of rotatable bonds is 10. The summed E-state index contributed by atoms with van der Waals surface area (Å²) in [5.41, 5.74) is 0.0264. The van der Waals surface area contributed by atoms with Crippen molar-refractivity contribution in [3.05, 3.63) is 54.1 Å². The number of sulfonamides is 1.